The van der Waals surface area contributed by atoms with Crippen molar-refractivity contribution in [1.82, 2.24) is 9.29 Å². The fourth-order valence-electron chi connectivity index (χ4n) is 1.96. The number of hydrogen-bond donors (Lipinski definition) is 2. The molecule has 106 valence electrons. The van der Waals surface area contributed by atoms with Crippen LogP contribution in [-0.2, 0) is 14.8 Å². The number of ether oxygens (including phenoxy) is 1. The Morgan fingerprint density at radius 2 is 2.37 bits per heavy atom. The number of pyridine rings is 1. The molecule has 3 N–H and O–H groups in total. The van der Waals surface area contributed by atoms with Gasteiger partial charge in [0.25, 0.3) is 0 Å². The van der Waals surface area contributed by atoms with Crippen LogP contribution in [0.3, 0.4) is 0 Å². The summed E-state index contributed by atoms with van der Waals surface area (Å²) in [6.07, 6.45) is 0.863. The van der Waals surface area contributed by atoms with E-state index in [1.807, 2.05) is 0 Å². The van der Waals surface area contributed by atoms with E-state index in [0.29, 0.717) is 0 Å². The highest BCUT2D eigenvalue weighted by molar-refractivity contribution is 7.89. The molecule has 1 aliphatic rings. The van der Waals surface area contributed by atoms with Crippen molar-refractivity contribution in [3.05, 3.63) is 18.3 Å². The molecular formula is C11H17N3O4S. The third-order valence-electron chi connectivity index (χ3n) is 3.01. The average Bonchev–Trinajstić information content (AvgIpc) is 2.39. The molecule has 0 bridgehead atoms. The summed E-state index contributed by atoms with van der Waals surface area (Å²) in [5.74, 6) is 0.153. The van der Waals surface area contributed by atoms with E-state index in [-0.39, 0.29) is 36.5 Å². The van der Waals surface area contributed by atoms with Crippen LogP contribution < -0.4 is 5.73 Å². The molecule has 1 aromatic heterocycles. The summed E-state index contributed by atoms with van der Waals surface area (Å²) in [5.41, 5.74) is 5.51. The summed E-state index contributed by atoms with van der Waals surface area (Å²) < 4.78 is 31.7. The maximum Gasteiger partial charge on any atom is 0.243 e. The van der Waals surface area contributed by atoms with Gasteiger partial charge in [-0.25, -0.2) is 13.4 Å². The molecule has 1 aromatic rings. The fourth-order valence-corrected chi connectivity index (χ4v) is 3.63. The molecule has 2 rings (SSSR count). The molecule has 0 aliphatic carbocycles. The highest BCUT2D eigenvalue weighted by Gasteiger charge is 2.35. The Kier molecular flexibility index (Phi) is 4.04. The molecule has 1 saturated heterocycles. The van der Waals surface area contributed by atoms with Gasteiger partial charge in [-0.3, -0.25) is 0 Å². The van der Waals surface area contributed by atoms with E-state index in [9.17, 15) is 8.42 Å². The van der Waals surface area contributed by atoms with Gasteiger partial charge in [0.1, 0.15) is 5.82 Å². The summed E-state index contributed by atoms with van der Waals surface area (Å²) in [6, 6.07) is 2.44. The smallest absolute Gasteiger partial charge is 0.243 e. The summed E-state index contributed by atoms with van der Waals surface area (Å²) in [5, 5.41) is 9.10. The van der Waals surface area contributed by atoms with Crippen LogP contribution in [0.5, 0.6) is 0 Å². The van der Waals surface area contributed by atoms with Crippen molar-refractivity contribution in [2.24, 2.45) is 0 Å². The molecule has 0 spiro atoms. The lowest BCUT2D eigenvalue weighted by molar-refractivity contribution is -0.0516. The lowest BCUT2D eigenvalue weighted by Gasteiger charge is -2.36. The largest absolute Gasteiger partial charge is 0.394 e. The summed E-state index contributed by atoms with van der Waals surface area (Å²) in [7, 11) is -3.65. The fraction of sp³-hybridized carbons (Fsp3) is 0.545. The molecule has 2 unspecified atom stereocenters. The third kappa shape index (κ3) is 2.86. The van der Waals surface area contributed by atoms with Crippen LogP contribution in [-0.4, -0.2) is 54.7 Å². The van der Waals surface area contributed by atoms with Crippen LogP contribution in [0, 0.1) is 0 Å². The van der Waals surface area contributed by atoms with Gasteiger partial charge in [0, 0.05) is 24.8 Å². The van der Waals surface area contributed by atoms with Crippen molar-refractivity contribution in [2.75, 3.05) is 25.5 Å². The Morgan fingerprint density at radius 3 is 3.00 bits per heavy atom. The standard InChI is InChI=1S/C11H17N3O4S/c1-8-7-18-9(6-15)5-14(8)19(16,17)10-2-3-13-11(12)4-10/h2-4,8-9,15H,5-7H2,1H3,(H2,12,13). The number of aliphatic hydroxyl groups excluding tert-OH is 1. The molecular weight excluding hydrogens is 270 g/mol. The van der Waals surface area contributed by atoms with E-state index in [2.05, 4.69) is 4.98 Å². The molecule has 8 heteroatoms. The minimum atomic E-state index is -3.65. The van der Waals surface area contributed by atoms with Crippen LogP contribution in [0.4, 0.5) is 5.82 Å². The first kappa shape index (κ1) is 14.2. The lowest BCUT2D eigenvalue weighted by Crippen LogP contribution is -2.51. The van der Waals surface area contributed by atoms with Gasteiger partial charge in [-0.2, -0.15) is 4.31 Å². The van der Waals surface area contributed by atoms with Crippen molar-refractivity contribution >= 4 is 15.8 Å². The predicted molar refractivity (Wildman–Crippen MR) is 68.8 cm³/mol. The zero-order valence-electron chi connectivity index (χ0n) is 10.6. The molecule has 1 fully saturated rings. The van der Waals surface area contributed by atoms with Gasteiger partial charge in [0.05, 0.1) is 24.2 Å². The molecule has 0 amide bonds. The molecule has 2 heterocycles. The highest BCUT2D eigenvalue weighted by atomic mass is 32.2. The topological polar surface area (TPSA) is 106 Å². The molecule has 0 aromatic carbocycles. The zero-order valence-corrected chi connectivity index (χ0v) is 11.4. The number of rotatable bonds is 3. The second-order valence-corrected chi connectivity index (χ2v) is 6.37. The van der Waals surface area contributed by atoms with Gasteiger partial charge in [-0.05, 0) is 13.0 Å². The maximum absolute atomic E-state index is 12.5. The Balaban J connectivity index is 2.32. The number of aromatic nitrogens is 1. The second-order valence-electron chi connectivity index (χ2n) is 4.48. The molecule has 19 heavy (non-hydrogen) atoms. The zero-order chi connectivity index (χ0) is 14.0. The number of aliphatic hydroxyl groups is 1. The van der Waals surface area contributed by atoms with E-state index >= 15 is 0 Å². The number of nitrogen functional groups attached to an aromatic ring is 1. The number of anilines is 1. The number of hydrogen-bond acceptors (Lipinski definition) is 6. The summed E-state index contributed by atoms with van der Waals surface area (Å²) >= 11 is 0. The van der Waals surface area contributed by atoms with Crippen molar-refractivity contribution in [3.8, 4) is 0 Å². The van der Waals surface area contributed by atoms with Gasteiger partial charge in [-0.15, -0.1) is 0 Å². The van der Waals surface area contributed by atoms with Crippen molar-refractivity contribution < 1.29 is 18.3 Å². The van der Waals surface area contributed by atoms with E-state index in [1.54, 1.807) is 6.92 Å². The minimum Gasteiger partial charge on any atom is -0.394 e. The van der Waals surface area contributed by atoms with E-state index in [4.69, 9.17) is 15.6 Å². The van der Waals surface area contributed by atoms with Crippen molar-refractivity contribution in [3.63, 3.8) is 0 Å². The molecule has 1 aliphatic heterocycles. The summed E-state index contributed by atoms with van der Waals surface area (Å²) in [4.78, 5) is 3.88. The van der Waals surface area contributed by atoms with Crippen LogP contribution in [0.2, 0.25) is 0 Å². The Labute approximate surface area is 112 Å². The van der Waals surface area contributed by atoms with Crippen LogP contribution in [0.1, 0.15) is 6.92 Å². The number of nitrogens with two attached hydrogens (primary N) is 1. The third-order valence-corrected chi connectivity index (χ3v) is 4.99. The minimum absolute atomic E-state index is 0.102. The van der Waals surface area contributed by atoms with E-state index in [0.717, 1.165) is 0 Å². The molecule has 2 atom stereocenters. The molecule has 0 radical (unpaired) electrons. The normalized spacial score (nSPS) is 25.4. The van der Waals surface area contributed by atoms with Crippen LogP contribution >= 0.6 is 0 Å². The first-order valence-electron chi connectivity index (χ1n) is 5.91. The van der Waals surface area contributed by atoms with Crippen LogP contribution in [0.25, 0.3) is 0 Å². The monoisotopic (exact) mass is 287 g/mol. The number of nitrogens with zero attached hydrogens (tertiary/aromatic N) is 2. The van der Waals surface area contributed by atoms with E-state index < -0.39 is 16.1 Å². The molecule has 7 nitrogen and oxygen atoms in total. The Bertz CT molecular complexity index is 549. The van der Waals surface area contributed by atoms with Gasteiger partial charge >= 0.3 is 0 Å². The first-order chi connectivity index (χ1) is 8.95. The maximum atomic E-state index is 12.5. The first-order valence-corrected chi connectivity index (χ1v) is 7.35. The SMILES string of the molecule is CC1COC(CO)CN1S(=O)(=O)c1ccnc(N)c1. The quantitative estimate of drug-likeness (QED) is 0.771. The van der Waals surface area contributed by atoms with Gasteiger partial charge in [-0.1, -0.05) is 0 Å². The van der Waals surface area contributed by atoms with E-state index in [1.165, 1.54) is 22.6 Å². The number of morpholine rings is 1. The lowest BCUT2D eigenvalue weighted by atomic mass is 10.2. The molecule has 0 saturated carbocycles. The predicted octanol–water partition coefficient (Wildman–Crippen LogP) is -0.566. The average molecular weight is 287 g/mol. The Hall–Kier alpha value is -1.22. The van der Waals surface area contributed by atoms with Gasteiger partial charge in [0.15, 0.2) is 0 Å². The number of sulfonamides is 1. The highest BCUT2D eigenvalue weighted by Crippen LogP contribution is 2.22. The van der Waals surface area contributed by atoms with Crippen molar-refractivity contribution in [1.29, 1.82) is 0 Å². The summed E-state index contributed by atoms with van der Waals surface area (Å²) in [6.45, 7) is 1.93. The van der Waals surface area contributed by atoms with Crippen LogP contribution in [0.15, 0.2) is 23.2 Å². The van der Waals surface area contributed by atoms with Gasteiger partial charge in [0.2, 0.25) is 10.0 Å². The second kappa shape index (κ2) is 5.41. The van der Waals surface area contributed by atoms with Gasteiger partial charge < -0.3 is 15.6 Å². The van der Waals surface area contributed by atoms with Crippen molar-refractivity contribution in [2.45, 2.75) is 24.0 Å². The Morgan fingerprint density at radius 1 is 1.63 bits per heavy atom.